The predicted octanol–water partition coefficient (Wildman–Crippen LogP) is 3.59. The van der Waals surface area contributed by atoms with Crippen LogP contribution in [0.1, 0.15) is 42.3 Å². The molecule has 0 aliphatic carbocycles. The van der Waals surface area contributed by atoms with E-state index >= 15 is 0 Å². The summed E-state index contributed by atoms with van der Waals surface area (Å²) in [4.78, 5) is 11.9. The van der Waals surface area contributed by atoms with E-state index in [0.717, 1.165) is 56.0 Å². The Kier molecular flexibility index (Phi) is 6.00. The van der Waals surface area contributed by atoms with Crippen molar-refractivity contribution < 1.29 is 9.47 Å². The van der Waals surface area contributed by atoms with Crippen molar-refractivity contribution in [3.05, 3.63) is 53.5 Å². The molecule has 0 bridgehead atoms. The predicted molar refractivity (Wildman–Crippen MR) is 106 cm³/mol. The Morgan fingerprint density at radius 3 is 2.63 bits per heavy atom. The largest absolute Gasteiger partial charge is 0.381 e. The lowest BCUT2D eigenvalue weighted by molar-refractivity contribution is 0.177. The number of ether oxygens (including phenoxy) is 2. The van der Waals surface area contributed by atoms with Gasteiger partial charge in [0.2, 0.25) is 0 Å². The monoisotopic (exact) mass is 367 g/mol. The molecule has 27 heavy (non-hydrogen) atoms. The third kappa shape index (κ3) is 4.66. The molecule has 0 spiro atoms. The van der Waals surface area contributed by atoms with Crippen LogP contribution in [0.5, 0.6) is 0 Å². The van der Waals surface area contributed by atoms with E-state index in [-0.39, 0.29) is 0 Å². The van der Waals surface area contributed by atoms with Crippen molar-refractivity contribution >= 4 is 5.82 Å². The van der Waals surface area contributed by atoms with E-state index in [4.69, 9.17) is 19.4 Å². The minimum Gasteiger partial charge on any atom is -0.381 e. The topological polar surface area (TPSA) is 47.5 Å². The second-order valence-electron chi connectivity index (χ2n) is 7.68. The molecule has 1 atom stereocenters. The number of anilines is 1. The van der Waals surface area contributed by atoms with Gasteiger partial charge in [0.15, 0.2) is 5.82 Å². The van der Waals surface area contributed by atoms with Crippen LogP contribution in [0.2, 0.25) is 0 Å². The normalized spacial score (nSPS) is 20.9. The average molecular weight is 367 g/mol. The van der Waals surface area contributed by atoms with Gasteiger partial charge in [-0.2, -0.15) is 0 Å². The maximum atomic E-state index is 5.56. The molecule has 2 fully saturated rings. The van der Waals surface area contributed by atoms with Gasteiger partial charge in [-0.3, -0.25) is 0 Å². The molecule has 1 aromatic carbocycles. The Morgan fingerprint density at radius 2 is 1.93 bits per heavy atom. The zero-order valence-electron chi connectivity index (χ0n) is 16.1. The Balaban J connectivity index is 1.43. The molecule has 2 aliphatic rings. The molecular formula is C22H29N3O2. The van der Waals surface area contributed by atoms with Crippen LogP contribution in [0.25, 0.3) is 0 Å². The molecule has 0 radical (unpaired) electrons. The summed E-state index contributed by atoms with van der Waals surface area (Å²) in [5.41, 5.74) is 2.56. The highest BCUT2D eigenvalue weighted by molar-refractivity contribution is 5.41. The Morgan fingerprint density at radius 1 is 1.11 bits per heavy atom. The van der Waals surface area contributed by atoms with Crippen LogP contribution >= 0.6 is 0 Å². The van der Waals surface area contributed by atoms with E-state index in [2.05, 4.69) is 41.3 Å². The van der Waals surface area contributed by atoms with Gasteiger partial charge in [-0.25, -0.2) is 9.97 Å². The average Bonchev–Trinajstić information content (AvgIpc) is 3.24. The maximum absolute atomic E-state index is 5.56. The molecule has 5 nitrogen and oxygen atoms in total. The number of piperidine rings is 1. The van der Waals surface area contributed by atoms with E-state index in [1.165, 1.54) is 24.8 Å². The third-order valence-corrected chi connectivity index (χ3v) is 5.71. The molecule has 0 N–H and O–H groups in total. The van der Waals surface area contributed by atoms with Crippen LogP contribution in [-0.2, 0) is 22.5 Å². The quantitative estimate of drug-likeness (QED) is 0.781. The minimum atomic E-state index is 0.387. The van der Waals surface area contributed by atoms with Crippen molar-refractivity contribution in [1.29, 1.82) is 0 Å². The lowest BCUT2D eigenvalue weighted by Gasteiger charge is -2.33. The van der Waals surface area contributed by atoms with Crippen molar-refractivity contribution in [2.75, 3.05) is 38.3 Å². The van der Waals surface area contributed by atoms with E-state index in [1.54, 1.807) is 7.11 Å². The van der Waals surface area contributed by atoms with Crippen LogP contribution in [0.15, 0.2) is 36.4 Å². The third-order valence-electron chi connectivity index (χ3n) is 5.71. The Bertz CT molecular complexity index is 724. The molecule has 5 heteroatoms. The van der Waals surface area contributed by atoms with Crippen LogP contribution in [-0.4, -0.2) is 43.4 Å². The zero-order chi connectivity index (χ0) is 18.5. The van der Waals surface area contributed by atoms with Crippen molar-refractivity contribution in [1.82, 2.24) is 9.97 Å². The molecular weight excluding hydrogens is 338 g/mol. The van der Waals surface area contributed by atoms with Crippen molar-refractivity contribution in [3.8, 4) is 0 Å². The van der Waals surface area contributed by atoms with Gasteiger partial charge in [-0.15, -0.1) is 0 Å². The van der Waals surface area contributed by atoms with E-state index < -0.39 is 0 Å². The molecule has 3 heterocycles. The summed E-state index contributed by atoms with van der Waals surface area (Å²) in [5, 5.41) is 0. The van der Waals surface area contributed by atoms with Gasteiger partial charge in [0, 0.05) is 38.8 Å². The summed E-state index contributed by atoms with van der Waals surface area (Å²) in [6, 6.07) is 13.0. The SMILES string of the molecule is COCc1nc([C@@H]2CCOC2)cc(N2CCC(Cc3ccccc3)CC2)n1. The van der Waals surface area contributed by atoms with Gasteiger partial charge in [-0.1, -0.05) is 30.3 Å². The second-order valence-corrected chi connectivity index (χ2v) is 7.68. The smallest absolute Gasteiger partial charge is 0.156 e. The Labute approximate surface area is 161 Å². The lowest BCUT2D eigenvalue weighted by atomic mass is 9.90. The highest BCUT2D eigenvalue weighted by atomic mass is 16.5. The molecule has 2 saturated heterocycles. The van der Waals surface area contributed by atoms with Gasteiger partial charge in [0.25, 0.3) is 0 Å². The first-order valence-electron chi connectivity index (χ1n) is 10.0. The van der Waals surface area contributed by atoms with E-state index in [1.807, 2.05) is 0 Å². The van der Waals surface area contributed by atoms with Crippen molar-refractivity contribution in [3.63, 3.8) is 0 Å². The first-order valence-corrected chi connectivity index (χ1v) is 10.0. The summed E-state index contributed by atoms with van der Waals surface area (Å²) in [7, 11) is 1.70. The minimum absolute atomic E-state index is 0.387. The first-order chi connectivity index (χ1) is 13.3. The summed E-state index contributed by atoms with van der Waals surface area (Å²) in [5.74, 6) is 2.98. The standard InChI is InChI=1S/C22H29N3O2/c1-26-16-21-23-20(19-9-12-27-15-19)14-22(24-21)25-10-7-18(8-11-25)13-17-5-3-2-4-6-17/h2-6,14,18-19H,7-13,15-16H2,1H3/t19-/m1/s1. The number of aromatic nitrogens is 2. The summed E-state index contributed by atoms with van der Waals surface area (Å²) >= 11 is 0. The maximum Gasteiger partial charge on any atom is 0.156 e. The summed E-state index contributed by atoms with van der Waals surface area (Å²) in [6.07, 6.45) is 4.64. The fourth-order valence-corrected chi connectivity index (χ4v) is 4.15. The summed E-state index contributed by atoms with van der Waals surface area (Å²) in [6.45, 7) is 4.17. The number of rotatable bonds is 6. The van der Waals surface area contributed by atoms with Gasteiger partial charge in [0.1, 0.15) is 12.4 Å². The van der Waals surface area contributed by atoms with Gasteiger partial charge in [0.05, 0.1) is 12.3 Å². The zero-order valence-corrected chi connectivity index (χ0v) is 16.1. The van der Waals surface area contributed by atoms with Crippen molar-refractivity contribution in [2.45, 2.75) is 38.2 Å². The van der Waals surface area contributed by atoms with Gasteiger partial charge in [-0.05, 0) is 37.2 Å². The number of hydrogen-bond donors (Lipinski definition) is 0. The van der Waals surface area contributed by atoms with Gasteiger partial charge >= 0.3 is 0 Å². The lowest BCUT2D eigenvalue weighted by Crippen LogP contribution is -2.35. The highest BCUT2D eigenvalue weighted by Crippen LogP contribution is 2.29. The van der Waals surface area contributed by atoms with E-state index in [0.29, 0.717) is 12.5 Å². The number of methoxy groups -OCH3 is 1. The van der Waals surface area contributed by atoms with Crippen LogP contribution in [0.3, 0.4) is 0 Å². The van der Waals surface area contributed by atoms with Crippen LogP contribution in [0.4, 0.5) is 5.82 Å². The fourth-order valence-electron chi connectivity index (χ4n) is 4.15. The Hall–Kier alpha value is -1.98. The molecule has 2 aromatic rings. The number of benzene rings is 1. The molecule has 0 amide bonds. The van der Waals surface area contributed by atoms with Gasteiger partial charge < -0.3 is 14.4 Å². The van der Waals surface area contributed by atoms with E-state index in [9.17, 15) is 0 Å². The first kappa shape index (κ1) is 18.4. The molecule has 1 aromatic heterocycles. The highest BCUT2D eigenvalue weighted by Gasteiger charge is 2.24. The number of hydrogen-bond acceptors (Lipinski definition) is 5. The fraction of sp³-hybridized carbons (Fsp3) is 0.545. The van der Waals surface area contributed by atoms with Crippen LogP contribution in [0, 0.1) is 5.92 Å². The van der Waals surface area contributed by atoms with Crippen molar-refractivity contribution in [2.24, 2.45) is 5.92 Å². The second kappa shape index (κ2) is 8.81. The molecule has 0 saturated carbocycles. The molecule has 2 aliphatic heterocycles. The molecule has 0 unspecified atom stereocenters. The number of nitrogens with zero attached hydrogens (tertiary/aromatic N) is 3. The van der Waals surface area contributed by atoms with Crippen LogP contribution < -0.4 is 4.90 Å². The molecule has 144 valence electrons. The summed E-state index contributed by atoms with van der Waals surface area (Å²) < 4.78 is 10.9. The molecule has 4 rings (SSSR count).